The molecule has 1 aliphatic heterocycles. The number of ether oxygens (including phenoxy) is 1. The average Bonchev–Trinajstić information content (AvgIpc) is 2.96. The SMILES string of the molecule is CCOC(=O)N1CCc2c(c3cc(Nc4ccc(F)c(F)c4)ccc3n2C)C1. The first-order valence-corrected chi connectivity index (χ1v) is 9.22. The summed E-state index contributed by atoms with van der Waals surface area (Å²) in [5, 5.41) is 4.14. The van der Waals surface area contributed by atoms with Crippen molar-refractivity contribution in [2.45, 2.75) is 19.9 Å². The normalized spacial score (nSPS) is 13.5. The van der Waals surface area contributed by atoms with Gasteiger partial charge in [0, 0.05) is 59.6 Å². The minimum atomic E-state index is -0.895. The summed E-state index contributed by atoms with van der Waals surface area (Å²) < 4.78 is 33.9. The quantitative estimate of drug-likeness (QED) is 0.710. The highest BCUT2D eigenvalue weighted by atomic mass is 19.2. The first-order chi connectivity index (χ1) is 13.5. The standard InChI is InChI=1S/C21H21F2N3O2/c1-3-28-21(27)26-9-8-20-16(12-26)15-10-13(5-7-19(15)25(20)2)24-14-4-6-17(22)18(23)11-14/h4-7,10-11,24H,3,8-9,12H2,1-2H3. The Kier molecular flexibility index (Phi) is 4.66. The molecule has 1 N–H and O–H groups in total. The highest BCUT2D eigenvalue weighted by molar-refractivity contribution is 5.90. The van der Waals surface area contributed by atoms with Crippen LogP contribution in [0.4, 0.5) is 25.0 Å². The van der Waals surface area contributed by atoms with Crippen LogP contribution in [0.25, 0.3) is 10.9 Å². The number of benzene rings is 2. The number of carbonyl (C=O) groups excluding carboxylic acids is 1. The van der Waals surface area contributed by atoms with Gasteiger partial charge >= 0.3 is 6.09 Å². The topological polar surface area (TPSA) is 46.5 Å². The van der Waals surface area contributed by atoms with Gasteiger partial charge in [-0.15, -0.1) is 0 Å². The third-order valence-electron chi connectivity index (χ3n) is 5.14. The third kappa shape index (κ3) is 3.17. The van der Waals surface area contributed by atoms with Gasteiger partial charge in [0.15, 0.2) is 11.6 Å². The zero-order valence-electron chi connectivity index (χ0n) is 15.8. The summed E-state index contributed by atoms with van der Waals surface area (Å²) in [6.45, 7) is 3.25. The van der Waals surface area contributed by atoms with Gasteiger partial charge < -0.3 is 19.5 Å². The summed E-state index contributed by atoms with van der Waals surface area (Å²) in [7, 11) is 2.02. The maximum absolute atomic E-state index is 13.5. The summed E-state index contributed by atoms with van der Waals surface area (Å²) in [5.41, 5.74) is 4.58. The molecule has 0 aliphatic carbocycles. The first-order valence-electron chi connectivity index (χ1n) is 9.22. The van der Waals surface area contributed by atoms with Gasteiger partial charge in [-0.05, 0) is 37.3 Å². The summed E-state index contributed by atoms with van der Waals surface area (Å²) in [6.07, 6.45) is 0.451. The molecule has 3 aromatic rings. The number of nitrogens with zero attached hydrogens (tertiary/aromatic N) is 2. The van der Waals surface area contributed by atoms with Gasteiger partial charge in [0.05, 0.1) is 13.2 Å². The zero-order valence-corrected chi connectivity index (χ0v) is 15.8. The molecule has 28 heavy (non-hydrogen) atoms. The molecule has 0 atom stereocenters. The van der Waals surface area contributed by atoms with Crippen molar-refractivity contribution in [3.8, 4) is 0 Å². The fraction of sp³-hybridized carbons (Fsp3) is 0.286. The zero-order chi connectivity index (χ0) is 19.8. The number of nitrogens with one attached hydrogen (secondary N) is 1. The molecule has 0 unspecified atom stereocenters. The number of rotatable bonds is 3. The van der Waals surface area contributed by atoms with Gasteiger partial charge in [0.1, 0.15) is 0 Å². The van der Waals surface area contributed by atoms with Crippen molar-refractivity contribution in [2.24, 2.45) is 7.05 Å². The van der Waals surface area contributed by atoms with E-state index in [0.717, 1.165) is 40.7 Å². The number of fused-ring (bicyclic) bond motifs is 3. The number of amides is 1. The third-order valence-corrected chi connectivity index (χ3v) is 5.14. The van der Waals surface area contributed by atoms with Gasteiger partial charge in [-0.2, -0.15) is 0 Å². The number of carbonyl (C=O) groups is 1. The fourth-order valence-electron chi connectivity index (χ4n) is 3.77. The van der Waals surface area contributed by atoms with Crippen LogP contribution in [0.1, 0.15) is 18.2 Å². The second kappa shape index (κ2) is 7.14. The van der Waals surface area contributed by atoms with Crippen LogP contribution < -0.4 is 5.32 Å². The lowest BCUT2D eigenvalue weighted by molar-refractivity contribution is 0.102. The van der Waals surface area contributed by atoms with E-state index in [1.807, 2.05) is 25.2 Å². The van der Waals surface area contributed by atoms with Crippen LogP contribution >= 0.6 is 0 Å². The lowest BCUT2D eigenvalue weighted by Gasteiger charge is -2.27. The summed E-state index contributed by atoms with van der Waals surface area (Å²) in [4.78, 5) is 13.8. The van der Waals surface area contributed by atoms with Crippen molar-refractivity contribution < 1.29 is 18.3 Å². The van der Waals surface area contributed by atoms with Crippen LogP contribution in [0, 0.1) is 11.6 Å². The molecule has 5 nitrogen and oxygen atoms in total. The predicted molar refractivity (Wildman–Crippen MR) is 104 cm³/mol. The van der Waals surface area contributed by atoms with Crippen LogP contribution in [0.5, 0.6) is 0 Å². The van der Waals surface area contributed by atoms with E-state index < -0.39 is 11.6 Å². The fourth-order valence-corrected chi connectivity index (χ4v) is 3.77. The van der Waals surface area contributed by atoms with Crippen molar-refractivity contribution in [1.29, 1.82) is 0 Å². The summed E-state index contributed by atoms with van der Waals surface area (Å²) in [5.74, 6) is -1.77. The van der Waals surface area contributed by atoms with Crippen LogP contribution in [-0.4, -0.2) is 28.7 Å². The lowest BCUT2D eigenvalue weighted by Crippen LogP contribution is -2.36. The number of aryl methyl sites for hydroxylation is 1. The Balaban J connectivity index is 1.68. The number of halogens is 2. The molecule has 0 saturated heterocycles. The van der Waals surface area contributed by atoms with Crippen molar-refractivity contribution in [2.75, 3.05) is 18.5 Å². The number of hydrogen-bond donors (Lipinski definition) is 1. The van der Waals surface area contributed by atoms with E-state index in [-0.39, 0.29) is 6.09 Å². The Labute approximate surface area is 161 Å². The highest BCUT2D eigenvalue weighted by Gasteiger charge is 2.26. The van der Waals surface area contributed by atoms with Crippen LogP contribution in [0.15, 0.2) is 36.4 Å². The first kappa shape index (κ1) is 18.3. The van der Waals surface area contributed by atoms with Gasteiger partial charge in [-0.3, -0.25) is 0 Å². The molecule has 1 aliphatic rings. The molecule has 0 bridgehead atoms. The van der Waals surface area contributed by atoms with E-state index >= 15 is 0 Å². The molecule has 1 amide bonds. The second-order valence-corrected chi connectivity index (χ2v) is 6.84. The monoisotopic (exact) mass is 385 g/mol. The van der Waals surface area contributed by atoms with Gasteiger partial charge in [-0.25, -0.2) is 13.6 Å². The number of aromatic nitrogens is 1. The molecule has 0 saturated carbocycles. The predicted octanol–water partition coefficient (Wildman–Crippen LogP) is 4.71. The minimum Gasteiger partial charge on any atom is -0.450 e. The molecule has 7 heteroatoms. The van der Waals surface area contributed by atoms with E-state index in [1.165, 1.54) is 11.8 Å². The largest absolute Gasteiger partial charge is 0.450 e. The Morgan fingerprint density at radius 1 is 1.14 bits per heavy atom. The van der Waals surface area contributed by atoms with Crippen molar-refractivity contribution in [3.63, 3.8) is 0 Å². The van der Waals surface area contributed by atoms with Crippen molar-refractivity contribution in [1.82, 2.24) is 9.47 Å². The van der Waals surface area contributed by atoms with Crippen LogP contribution in [0.2, 0.25) is 0 Å². The van der Waals surface area contributed by atoms with E-state index in [2.05, 4.69) is 9.88 Å². The number of anilines is 2. The molecule has 4 rings (SSSR count). The van der Waals surface area contributed by atoms with Gasteiger partial charge in [-0.1, -0.05) is 0 Å². The molecule has 146 valence electrons. The maximum atomic E-state index is 13.5. The minimum absolute atomic E-state index is 0.304. The van der Waals surface area contributed by atoms with Crippen LogP contribution in [-0.2, 0) is 24.8 Å². The van der Waals surface area contributed by atoms with E-state index in [9.17, 15) is 13.6 Å². The molecule has 0 spiro atoms. The van der Waals surface area contributed by atoms with E-state index in [1.54, 1.807) is 11.8 Å². The highest BCUT2D eigenvalue weighted by Crippen LogP contribution is 2.33. The Bertz CT molecular complexity index is 1060. The average molecular weight is 385 g/mol. The molecule has 2 aromatic carbocycles. The Hall–Kier alpha value is -3.09. The van der Waals surface area contributed by atoms with E-state index in [4.69, 9.17) is 4.74 Å². The lowest BCUT2D eigenvalue weighted by atomic mass is 10.0. The Morgan fingerprint density at radius 2 is 1.89 bits per heavy atom. The Morgan fingerprint density at radius 3 is 2.64 bits per heavy atom. The molecule has 2 heterocycles. The number of hydrogen-bond acceptors (Lipinski definition) is 3. The van der Waals surface area contributed by atoms with Crippen molar-refractivity contribution >= 4 is 28.4 Å². The molecular formula is C21H21F2N3O2. The second-order valence-electron chi connectivity index (χ2n) is 6.84. The van der Waals surface area contributed by atoms with Gasteiger partial charge in [0.25, 0.3) is 0 Å². The summed E-state index contributed by atoms with van der Waals surface area (Å²) in [6, 6.07) is 9.58. The summed E-state index contributed by atoms with van der Waals surface area (Å²) >= 11 is 0. The molecule has 0 radical (unpaired) electrons. The molecular weight excluding hydrogens is 364 g/mol. The smallest absolute Gasteiger partial charge is 0.410 e. The molecule has 1 aromatic heterocycles. The van der Waals surface area contributed by atoms with Crippen molar-refractivity contribution in [3.05, 3.63) is 59.3 Å². The van der Waals surface area contributed by atoms with E-state index in [0.29, 0.717) is 25.4 Å². The molecule has 0 fully saturated rings. The van der Waals surface area contributed by atoms with Gasteiger partial charge in [0.2, 0.25) is 0 Å². The maximum Gasteiger partial charge on any atom is 0.410 e. The van der Waals surface area contributed by atoms with Crippen LogP contribution in [0.3, 0.4) is 0 Å².